The van der Waals surface area contributed by atoms with Crippen LogP contribution in [0.4, 0.5) is 0 Å². The van der Waals surface area contributed by atoms with Crippen molar-refractivity contribution in [2.45, 2.75) is 26.4 Å². The highest BCUT2D eigenvalue weighted by molar-refractivity contribution is 5.45. The summed E-state index contributed by atoms with van der Waals surface area (Å²) in [4.78, 5) is 4.16. The standard InChI is InChI=1S/C14H18N2O3/c1-3-11-8-16-13(19-11)9-15-7-10-5-4-6-12(18-2)14(10)17/h4-6,8,15,17H,3,7,9H2,1-2H3. The fourth-order valence-corrected chi connectivity index (χ4v) is 1.77. The molecule has 0 spiro atoms. The number of para-hydroxylation sites is 1. The van der Waals surface area contributed by atoms with E-state index in [2.05, 4.69) is 10.3 Å². The first-order valence-electron chi connectivity index (χ1n) is 6.23. The molecule has 0 aliphatic carbocycles. The number of benzene rings is 1. The number of phenols is 1. The Morgan fingerprint density at radius 3 is 2.89 bits per heavy atom. The van der Waals surface area contributed by atoms with Gasteiger partial charge < -0.3 is 19.6 Å². The third-order valence-corrected chi connectivity index (χ3v) is 2.84. The minimum absolute atomic E-state index is 0.166. The molecule has 2 N–H and O–H groups in total. The Morgan fingerprint density at radius 1 is 1.37 bits per heavy atom. The number of hydrogen-bond acceptors (Lipinski definition) is 5. The summed E-state index contributed by atoms with van der Waals surface area (Å²) in [7, 11) is 1.53. The van der Waals surface area contributed by atoms with Crippen molar-refractivity contribution in [3.05, 3.63) is 41.6 Å². The van der Waals surface area contributed by atoms with E-state index < -0.39 is 0 Å². The number of nitrogens with one attached hydrogen (secondary N) is 1. The molecule has 0 radical (unpaired) electrons. The number of phenolic OH excluding ortho intramolecular Hbond substituents is 1. The van der Waals surface area contributed by atoms with E-state index in [0.29, 0.717) is 24.7 Å². The number of oxazole rings is 1. The predicted molar refractivity (Wildman–Crippen MR) is 71.1 cm³/mol. The molecule has 0 atom stereocenters. The zero-order valence-corrected chi connectivity index (χ0v) is 11.1. The normalized spacial score (nSPS) is 10.6. The van der Waals surface area contributed by atoms with Crippen LogP contribution in [-0.4, -0.2) is 17.2 Å². The van der Waals surface area contributed by atoms with Crippen LogP contribution in [0.5, 0.6) is 11.5 Å². The molecule has 0 saturated carbocycles. The van der Waals surface area contributed by atoms with E-state index in [1.54, 1.807) is 12.3 Å². The van der Waals surface area contributed by atoms with Crippen molar-refractivity contribution < 1.29 is 14.3 Å². The highest BCUT2D eigenvalue weighted by Gasteiger charge is 2.07. The summed E-state index contributed by atoms with van der Waals surface area (Å²) in [6, 6.07) is 5.41. The van der Waals surface area contributed by atoms with Gasteiger partial charge in [-0.05, 0) is 6.07 Å². The van der Waals surface area contributed by atoms with Gasteiger partial charge >= 0.3 is 0 Å². The lowest BCUT2D eigenvalue weighted by atomic mass is 10.2. The zero-order valence-electron chi connectivity index (χ0n) is 11.1. The molecule has 0 bridgehead atoms. The number of rotatable bonds is 6. The van der Waals surface area contributed by atoms with E-state index >= 15 is 0 Å². The summed E-state index contributed by atoms with van der Waals surface area (Å²) in [5, 5.41) is 13.1. The van der Waals surface area contributed by atoms with E-state index in [0.717, 1.165) is 17.7 Å². The van der Waals surface area contributed by atoms with Gasteiger partial charge in [0, 0.05) is 18.5 Å². The predicted octanol–water partition coefficient (Wildman–Crippen LogP) is 2.24. The first kappa shape index (κ1) is 13.4. The Bertz CT molecular complexity index is 537. The molecule has 1 heterocycles. The van der Waals surface area contributed by atoms with Crippen LogP contribution < -0.4 is 10.1 Å². The number of methoxy groups -OCH3 is 1. The average Bonchev–Trinajstić information content (AvgIpc) is 2.89. The molecule has 0 saturated heterocycles. The Hall–Kier alpha value is -2.01. The lowest BCUT2D eigenvalue weighted by molar-refractivity contribution is 0.369. The van der Waals surface area contributed by atoms with Crippen LogP contribution >= 0.6 is 0 Å². The summed E-state index contributed by atoms with van der Waals surface area (Å²) < 4.78 is 10.5. The highest BCUT2D eigenvalue weighted by atomic mass is 16.5. The van der Waals surface area contributed by atoms with Gasteiger partial charge in [0.1, 0.15) is 5.76 Å². The topological polar surface area (TPSA) is 67.5 Å². The third-order valence-electron chi connectivity index (χ3n) is 2.84. The molecule has 2 rings (SSSR count). The van der Waals surface area contributed by atoms with Crippen molar-refractivity contribution in [1.29, 1.82) is 0 Å². The second-order valence-corrected chi connectivity index (χ2v) is 4.15. The van der Waals surface area contributed by atoms with Crippen LogP contribution in [0.1, 0.15) is 24.1 Å². The fraction of sp³-hybridized carbons (Fsp3) is 0.357. The van der Waals surface area contributed by atoms with Crippen LogP contribution in [0, 0.1) is 0 Å². The van der Waals surface area contributed by atoms with Crippen LogP contribution in [0.25, 0.3) is 0 Å². The number of ether oxygens (including phenoxy) is 1. The maximum Gasteiger partial charge on any atom is 0.208 e. The summed E-state index contributed by atoms with van der Waals surface area (Å²) in [6.45, 7) is 3.07. The molecule has 1 aromatic heterocycles. The molecule has 0 fully saturated rings. The largest absolute Gasteiger partial charge is 0.504 e. The summed E-state index contributed by atoms with van der Waals surface area (Å²) in [6.07, 6.45) is 2.57. The van der Waals surface area contributed by atoms with Crippen molar-refractivity contribution >= 4 is 0 Å². The Morgan fingerprint density at radius 2 is 2.21 bits per heavy atom. The molecule has 0 amide bonds. The minimum atomic E-state index is 0.166. The van der Waals surface area contributed by atoms with Crippen LogP contribution in [0.3, 0.4) is 0 Å². The lowest BCUT2D eigenvalue weighted by Gasteiger charge is -2.08. The van der Waals surface area contributed by atoms with Gasteiger partial charge in [0.2, 0.25) is 5.89 Å². The maximum atomic E-state index is 9.92. The van der Waals surface area contributed by atoms with E-state index in [1.807, 2.05) is 19.1 Å². The van der Waals surface area contributed by atoms with Gasteiger partial charge in [0.05, 0.1) is 19.9 Å². The maximum absolute atomic E-state index is 9.92. The second kappa shape index (κ2) is 6.24. The van der Waals surface area contributed by atoms with Crippen molar-refractivity contribution in [3.63, 3.8) is 0 Å². The van der Waals surface area contributed by atoms with E-state index in [-0.39, 0.29) is 5.75 Å². The van der Waals surface area contributed by atoms with Crippen LogP contribution in [0.2, 0.25) is 0 Å². The average molecular weight is 262 g/mol. The zero-order chi connectivity index (χ0) is 13.7. The second-order valence-electron chi connectivity index (χ2n) is 4.15. The molecule has 0 unspecified atom stereocenters. The number of nitrogens with zero attached hydrogens (tertiary/aromatic N) is 1. The van der Waals surface area contributed by atoms with Gasteiger partial charge in [0.25, 0.3) is 0 Å². The number of aromatic nitrogens is 1. The molecule has 102 valence electrons. The van der Waals surface area contributed by atoms with Gasteiger partial charge in [-0.2, -0.15) is 0 Å². The SMILES string of the molecule is CCc1cnc(CNCc2cccc(OC)c2O)o1. The Labute approximate surface area is 112 Å². The fourth-order valence-electron chi connectivity index (χ4n) is 1.77. The molecule has 5 heteroatoms. The monoisotopic (exact) mass is 262 g/mol. The molecule has 0 aliphatic heterocycles. The quantitative estimate of drug-likeness (QED) is 0.835. The number of aromatic hydroxyl groups is 1. The van der Waals surface area contributed by atoms with Gasteiger partial charge in [0.15, 0.2) is 11.5 Å². The number of hydrogen-bond donors (Lipinski definition) is 2. The van der Waals surface area contributed by atoms with Gasteiger partial charge in [-0.3, -0.25) is 0 Å². The summed E-state index contributed by atoms with van der Waals surface area (Å²) >= 11 is 0. The molecule has 2 aromatic rings. The van der Waals surface area contributed by atoms with E-state index in [1.165, 1.54) is 7.11 Å². The van der Waals surface area contributed by atoms with Crippen molar-refractivity contribution in [2.24, 2.45) is 0 Å². The Balaban J connectivity index is 1.92. The smallest absolute Gasteiger partial charge is 0.208 e. The van der Waals surface area contributed by atoms with E-state index in [9.17, 15) is 5.11 Å². The molecule has 5 nitrogen and oxygen atoms in total. The molecule has 0 aliphatic rings. The Kier molecular flexibility index (Phi) is 4.41. The van der Waals surface area contributed by atoms with Crippen molar-refractivity contribution in [3.8, 4) is 11.5 Å². The van der Waals surface area contributed by atoms with E-state index in [4.69, 9.17) is 9.15 Å². The number of aryl methyl sites for hydroxylation is 1. The van der Waals surface area contributed by atoms with Gasteiger partial charge in [-0.1, -0.05) is 19.1 Å². The van der Waals surface area contributed by atoms with Crippen molar-refractivity contribution in [1.82, 2.24) is 10.3 Å². The lowest BCUT2D eigenvalue weighted by Crippen LogP contribution is -2.13. The summed E-state index contributed by atoms with van der Waals surface area (Å²) in [5.41, 5.74) is 0.779. The molecule has 19 heavy (non-hydrogen) atoms. The highest BCUT2D eigenvalue weighted by Crippen LogP contribution is 2.29. The van der Waals surface area contributed by atoms with Gasteiger partial charge in [-0.25, -0.2) is 4.98 Å². The minimum Gasteiger partial charge on any atom is -0.504 e. The molecule has 1 aromatic carbocycles. The van der Waals surface area contributed by atoms with Gasteiger partial charge in [-0.15, -0.1) is 0 Å². The first-order chi connectivity index (χ1) is 9.24. The molecular formula is C14H18N2O3. The molecular weight excluding hydrogens is 244 g/mol. The third kappa shape index (κ3) is 3.26. The van der Waals surface area contributed by atoms with Crippen LogP contribution in [0.15, 0.2) is 28.8 Å². The van der Waals surface area contributed by atoms with Crippen LogP contribution in [-0.2, 0) is 19.5 Å². The van der Waals surface area contributed by atoms with Crippen molar-refractivity contribution in [2.75, 3.05) is 7.11 Å². The summed E-state index contributed by atoms with van der Waals surface area (Å²) in [5.74, 6) is 2.17. The first-order valence-corrected chi connectivity index (χ1v) is 6.23.